The summed E-state index contributed by atoms with van der Waals surface area (Å²) >= 11 is 0. The molecule has 3 nitrogen and oxygen atoms in total. The lowest BCUT2D eigenvalue weighted by Crippen LogP contribution is -2.04. The summed E-state index contributed by atoms with van der Waals surface area (Å²) in [4.78, 5) is 17.5. The van der Waals surface area contributed by atoms with Gasteiger partial charge < -0.3 is 4.98 Å². The van der Waals surface area contributed by atoms with Crippen molar-refractivity contribution in [1.82, 2.24) is 9.97 Å². The smallest absolute Gasteiger partial charge is 0.251 e. The first-order chi connectivity index (χ1) is 7.16. The van der Waals surface area contributed by atoms with Gasteiger partial charge in [0, 0.05) is 11.6 Å². The molecular formula is C11H9FN2O. The van der Waals surface area contributed by atoms with Crippen molar-refractivity contribution in [3.05, 3.63) is 52.3 Å². The summed E-state index contributed by atoms with van der Waals surface area (Å²) in [7, 11) is 0. The minimum atomic E-state index is -0.261. The molecule has 0 radical (unpaired) electrons. The number of H-pyrrole nitrogens is 1. The molecule has 0 saturated carbocycles. The molecule has 4 heteroatoms. The molecule has 15 heavy (non-hydrogen) atoms. The number of aryl methyl sites for hydroxylation is 1. The second kappa shape index (κ2) is 3.65. The van der Waals surface area contributed by atoms with Crippen LogP contribution in [0.3, 0.4) is 0 Å². The minimum Gasteiger partial charge on any atom is -0.313 e. The number of nitrogens with one attached hydrogen (secondary N) is 1. The van der Waals surface area contributed by atoms with Gasteiger partial charge in [-0.2, -0.15) is 0 Å². The molecule has 76 valence electrons. The van der Waals surface area contributed by atoms with Gasteiger partial charge in [-0.3, -0.25) is 4.79 Å². The number of nitrogens with zero attached hydrogens (tertiary/aromatic N) is 1. The van der Waals surface area contributed by atoms with E-state index in [1.165, 1.54) is 18.5 Å². The van der Waals surface area contributed by atoms with E-state index in [2.05, 4.69) is 9.97 Å². The molecule has 2 rings (SSSR count). The third-order valence-corrected chi connectivity index (χ3v) is 2.13. The Bertz CT molecular complexity index is 548. The van der Waals surface area contributed by atoms with Crippen molar-refractivity contribution in [3.8, 4) is 11.3 Å². The minimum absolute atomic E-state index is 0.220. The molecule has 0 unspecified atom stereocenters. The van der Waals surface area contributed by atoms with Crippen LogP contribution < -0.4 is 5.56 Å². The number of halogens is 1. The molecule has 1 aromatic carbocycles. The zero-order chi connectivity index (χ0) is 10.8. The van der Waals surface area contributed by atoms with Crippen molar-refractivity contribution < 1.29 is 4.39 Å². The first kappa shape index (κ1) is 9.58. The van der Waals surface area contributed by atoms with E-state index in [-0.39, 0.29) is 11.4 Å². The predicted octanol–water partition coefficient (Wildman–Crippen LogP) is 1.88. The van der Waals surface area contributed by atoms with Crippen LogP contribution in [0, 0.1) is 12.7 Å². The van der Waals surface area contributed by atoms with Crippen molar-refractivity contribution >= 4 is 0 Å². The topological polar surface area (TPSA) is 45.8 Å². The van der Waals surface area contributed by atoms with Crippen LogP contribution in [0.25, 0.3) is 11.3 Å². The van der Waals surface area contributed by atoms with Crippen LogP contribution in [0.15, 0.2) is 35.4 Å². The molecule has 0 aliphatic heterocycles. The average molecular weight is 204 g/mol. The van der Waals surface area contributed by atoms with E-state index < -0.39 is 0 Å². The zero-order valence-electron chi connectivity index (χ0n) is 8.12. The Balaban J connectivity index is 2.55. The van der Waals surface area contributed by atoms with Gasteiger partial charge in [-0.15, -0.1) is 0 Å². The van der Waals surface area contributed by atoms with Crippen LogP contribution in [0.5, 0.6) is 0 Å². The van der Waals surface area contributed by atoms with Crippen LogP contribution in [0.2, 0.25) is 0 Å². The summed E-state index contributed by atoms with van der Waals surface area (Å²) in [5.74, 6) is -0.261. The highest BCUT2D eigenvalue weighted by Crippen LogP contribution is 2.17. The van der Waals surface area contributed by atoms with Gasteiger partial charge in [0.05, 0.1) is 12.0 Å². The average Bonchev–Trinajstić information content (AvgIpc) is 2.22. The maximum Gasteiger partial charge on any atom is 0.251 e. The highest BCUT2D eigenvalue weighted by Gasteiger charge is 2.02. The number of hydrogen-bond acceptors (Lipinski definition) is 2. The number of rotatable bonds is 1. The van der Waals surface area contributed by atoms with Gasteiger partial charge in [-0.05, 0) is 30.7 Å². The Morgan fingerprint density at radius 3 is 2.80 bits per heavy atom. The van der Waals surface area contributed by atoms with Gasteiger partial charge in [0.1, 0.15) is 5.82 Å². The van der Waals surface area contributed by atoms with Crippen LogP contribution in [0.4, 0.5) is 4.39 Å². The fourth-order valence-corrected chi connectivity index (χ4v) is 1.33. The van der Waals surface area contributed by atoms with Gasteiger partial charge in [0.2, 0.25) is 0 Å². The molecule has 0 aliphatic rings. The molecule has 0 bridgehead atoms. The Kier molecular flexibility index (Phi) is 2.33. The van der Waals surface area contributed by atoms with Crippen LogP contribution in [0.1, 0.15) is 5.56 Å². The molecule has 1 heterocycles. The molecule has 1 N–H and O–H groups in total. The summed E-state index contributed by atoms with van der Waals surface area (Å²) in [5.41, 5.74) is 1.60. The first-order valence-electron chi connectivity index (χ1n) is 4.48. The normalized spacial score (nSPS) is 10.3. The van der Waals surface area contributed by atoms with Crippen LogP contribution in [-0.2, 0) is 0 Å². The zero-order valence-corrected chi connectivity index (χ0v) is 8.12. The number of aromatic amines is 1. The highest BCUT2D eigenvalue weighted by atomic mass is 19.1. The van der Waals surface area contributed by atoms with E-state index in [9.17, 15) is 9.18 Å². The number of aromatic nitrogens is 2. The number of hydrogen-bond donors (Lipinski definition) is 1. The Hall–Kier alpha value is -1.97. The van der Waals surface area contributed by atoms with Gasteiger partial charge in [0.25, 0.3) is 5.56 Å². The SMILES string of the molecule is Cc1cc(-c2cc(=O)[nH]cn2)ccc1F. The molecular weight excluding hydrogens is 195 g/mol. The molecule has 0 spiro atoms. The van der Waals surface area contributed by atoms with E-state index in [0.29, 0.717) is 11.3 Å². The molecule has 2 aromatic rings. The van der Waals surface area contributed by atoms with Crippen molar-refractivity contribution in [2.75, 3.05) is 0 Å². The van der Waals surface area contributed by atoms with E-state index in [4.69, 9.17) is 0 Å². The first-order valence-corrected chi connectivity index (χ1v) is 4.48. The Morgan fingerprint density at radius 2 is 2.13 bits per heavy atom. The van der Waals surface area contributed by atoms with Crippen molar-refractivity contribution in [3.63, 3.8) is 0 Å². The fraction of sp³-hybridized carbons (Fsp3) is 0.0909. The van der Waals surface area contributed by atoms with Crippen LogP contribution in [-0.4, -0.2) is 9.97 Å². The quantitative estimate of drug-likeness (QED) is 0.770. The lowest BCUT2D eigenvalue weighted by Gasteiger charge is -2.01. The molecule has 0 fully saturated rings. The molecule has 1 aromatic heterocycles. The number of benzene rings is 1. The third kappa shape index (κ3) is 1.93. The largest absolute Gasteiger partial charge is 0.313 e. The van der Waals surface area contributed by atoms with Gasteiger partial charge in [0.15, 0.2) is 0 Å². The van der Waals surface area contributed by atoms with Crippen molar-refractivity contribution in [2.24, 2.45) is 0 Å². The van der Waals surface area contributed by atoms with Gasteiger partial charge >= 0.3 is 0 Å². The summed E-state index contributed by atoms with van der Waals surface area (Å²) < 4.78 is 13.0. The standard InChI is InChI=1S/C11H9FN2O/c1-7-4-8(2-3-9(7)12)10-5-11(15)14-6-13-10/h2-6H,1H3,(H,13,14,15). The molecule has 0 atom stereocenters. The lowest BCUT2D eigenvalue weighted by atomic mass is 10.1. The van der Waals surface area contributed by atoms with E-state index in [1.54, 1.807) is 19.1 Å². The van der Waals surface area contributed by atoms with E-state index >= 15 is 0 Å². The van der Waals surface area contributed by atoms with Gasteiger partial charge in [-0.25, -0.2) is 9.37 Å². The van der Waals surface area contributed by atoms with Crippen molar-refractivity contribution in [2.45, 2.75) is 6.92 Å². The summed E-state index contributed by atoms with van der Waals surface area (Å²) in [5, 5.41) is 0. The monoisotopic (exact) mass is 204 g/mol. The second-order valence-electron chi connectivity index (χ2n) is 3.26. The maximum absolute atomic E-state index is 13.0. The van der Waals surface area contributed by atoms with E-state index in [0.717, 1.165) is 5.56 Å². The molecule has 0 aliphatic carbocycles. The predicted molar refractivity (Wildman–Crippen MR) is 55.0 cm³/mol. The summed E-state index contributed by atoms with van der Waals surface area (Å²) in [6, 6.07) is 6.02. The Morgan fingerprint density at radius 1 is 1.33 bits per heavy atom. The summed E-state index contributed by atoms with van der Waals surface area (Å²) in [6.45, 7) is 1.67. The third-order valence-electron chi connectivity index (χ3n) is 2.13. The molecule has 0 saturated heterocycles. The maximum atomic E-state index is 13.0. The lowest BCUT2D eigenvalue weighted by molar-refractivity contribution is 0.619. The Labute approximate surface area is 85.6 Å². The highest BCUT2D eigenvalue weighted by molar-refractivity contribution is 5.59. The summed E-state index contributed by atoms with van der Waals surface area (Å²) in [6.07, 6.45) is 1.33. The second-order valence-corrected chi connectivity index (χ2v) is 3.26. The molecule has 0 amide bonds. The van der Waals surface area contributed by atoms with Gasteiger partial charge in [-0.1, -0.05) is 0 Å². The van der Waals surface area contributed by atoms with Crippen molar-refractivity contribution in [1.29, 1.82) is 0 Å². The van der Waals surface area contributed by atoms with E-state index in [1.807, 2.05) is 0 Å². The fourth-order valence-electron chi connectivity index (χ4n) is 1.33. The van der Waals surface area contributed by atoms with Crippen LogP contribution >= 0.6 is 0 Å².